The molecule has 4 rings (SSSR count). The van der Waals surface area contributed by atoms with Gasteiger partial charge in [0.05, 0.1) is 25.9 Å². The number of benzene rings is 2. The summed E-state index contributed by atoms with van der Waals surface area (Å²) in [6, 6.07) is 11.0. The average molecular weight is 451 g/mol. The van der Waals surface area contributed by atoms with Gasteiger partial charge < -0.3 is 14.4 Å². The van der Waals surface area contributed by atoms with E-state index in [0.29, 0.717) is 22.7 Å². The first-order valence-electron chi connectivity index (χ1n) is 9.79. The number of thiazole rings is 1. The molecule has 4 aromatic rings. The van der Waals surface area contributed by atoms with E-state index in [9.17, 15) is 4.79 Å². The molecule has 1 atom stereocenters. The number of nitrogens with zero attached hydrogens (tertiary/aromatic N) is 6. The Morgan fingerprint density at radius 2 is 1.91 bits per heavy atom. The molecule has 0 aliphatic rings. The van der Waals surface area contributed by atoms with Gasteiger partial charge in [0.1, 0.15) is 11.3 Å². The fourth-order valence-electron chi connectivity index (χ4n) is 3.31. The molecule has 32 heavy (non-hydrogen) atoms. The lowest BCUT2D eigenvalue weighted by Crippen LogP contribution is -2.29. The summed E-state index contributed by atoms with van der Waals surface area (Å²) >= 11 is 1.52. The van der Waals surface area contributed by atoms with Crippen LogP contribution in [0.1, 0.15) is 28.3 Å². The number of hydrogen-bond acceptors (Lipinski definition) is 8. The fraction of sp³-hybridized carbons (Fsp3) is 0.227. The van der Waals surface area contributed by atoms with Gasteiger partial charge in [-0.15, -0.1) is 16.4 Å². The smallest absolute Gasteiger partial charge is 0.254 e. The van der Waals surface area contributed by atoms with Gasteiger partial charge in [0.2, 0.25) is 0 Å². The van der Waals surface area contributed by atoms with Gasteiger partial charge in [-0.05, 0) is 58.8 Å². The maximum absolute atomic E-state index is 13.4. The summed E-state index contributed by atoms with van der Waals surface area (Å²) in [5, 5.41) is 14.2. The molecule has 0 aliphatic carbocycles. The van der Waals surface area contributed by atoms with Crippen molar-refractivity contribution in [2.75, 3.05) is 21.3 Å². The second-order valence-electron chi connectivity index (χ2n) is 7.06. The summed E-state index contributed by atoms with van der Waals surface area (Å²) in [6.07, 6.45) is 3.23. The van der Waals surface area contributed by atoms with Crippen LogP contribution < -0.4 is 9.47 Å². The predicted octanol–water partition coefficient (Wildman–Crippen LogP) is 3.64. The monoisotopic (exact) mass is 450 g/mol. The summed E-state index contributed by atoms with van der Waals surface area (Å²) in [4.78, 5) is 19.4. The molecule has 2 aromatic carbocycles. The number of aromatic nitrogens is 5. The SMILES string of the molecule is COc1ccc(-c2cc(C(=O)N(C)[C@@H](C)c3nccs3)cc(-n3cnnn3)c2)cc1OC. The Hall–Kier alpha value is -3.79. The van der Waals surface area contributed by atoms with Crippen LogP contribution in [0.3, 0.4) is 0 Å². The molecule has 0 aliphatic heterocycles. The van der Waals surface area contributed by atoms with E-state index in [0.717, 1.165) is 16.1 Å². The van der Waals surface area contributed by atoms with Gasteiger partial charge in [-0.3, -0.25) is 4.79 Å². The zero-order valence-corrected chi connectivity index (χ0v) is 18.9. The van der Waals surface area contributed by atoms with Gasteiger partial charge in [0.25, 0.3) is 5.91 Å². The summed E-state index contributed by atoms with van der Waals surface area (Å²) in [7, 11) is 4.95. The summed E-state index contributed by atoms with van der Waals surface area (Å²) in [6.45, 7) is 1.96. The van der Waals surface area contributed by atoms with E-state index in [1.54, 1.807) is 38.4 Å². The third-order valence-corrected chi connectivity index (χ3v) is 6.15. The van der Waals surface area contributed by atoms with Gasteiger partial charge in [0, 0.05) is 24.2 Å². The molecule has 164 valence electrons. The highest BCUT2D eigenvalue weighted by molar-refractivity contribution is 7.09. The largest absolute Gasteiger partial charge is 0.493 e. The van der Waals surface area contributed by atoms with E-state index in [-0.39, 0.29) is 11.9 Å². The minimum absolute atomic E-state index is 0.135. The molecule has 9 nitrogen and oxygen atoms in total. The molecule has 0 spiro atoms. The maximum Gasteiger partial charge on any atom is 0.254 e. The maximum atomic E-state index is 13.4. The first-order chi connectivity index (χ1) is 15.5. The van der Waals surface area contributed by atoms with Crippen molar-refractivity contribution in [1.29, 1.82) is 0 Å². The molecule has 2 heterocycles. The molecule has 0 saturated heterocycles. The van der Waals surface area contributed by atoms with Crippen molar-refractivity contribution in [1.82, 2.24) is 30.1 Å². The van der Waals surface area contributed by atoms with Crippen LogP contribution in [0, 0.1) is 0 Å². The Kier molecular flexibility index (Phi) is 6.13. The number of methoxy groups -OCH3 is 2. The van der Waals surface area contributed by atoms with Crippen LogP contribution in [0.4, 0.5) is 0 Å². The Bertz CT molecular complexity index is 1210. The first-order valence-corrected chi connectivity index (χ1v) is 10.7. The number of ether oxygens (including phenoxy) is 2. The van der Waals surface area contributed by atoms with Crippen molar-refractivity contribution in [3.63, 3.8) is 0 Å². The van der Waals surface area contributed by atoms with Crippen LogP contribution in [0.15, 0.2) is 54.3 Å². The van der Waals surface area contributed by atoms with E-state index in [2.05, 4.69) is 20.5 Å². The molecular weight excluding hydrogens is 428 g/mol. The Balaban J connectivity index is 1.78. The number of carbonyl (C=O) groups is 1. The van der Waals surface area contributed by atoms with E-state index in [1.807, 2.05) is 42.6 Å². The molecule has 0 N–H and O–H groups in total. The number of carbonyl (C=O) groups excluding carboxylic acids is 1. The second-order valence-corrected chi connectivity index (χ2v) is 7.98. The van der Waals surface area contributed by atoms with Crippen molar-refractivity contribution in [3.8, 4) is 28.3 Å². The number of tetrazole rings is 1. The highest BCUT2D eigenvalue weighted by Crippen LogP contribution is 2.34. The number of amides is 1. The molecule has 0 bridgehead atoms. The van der Waals surface area contributed by atoms with Crippen LogP contribution in [0.2, 0.25) is 0 Å². The topological polar surface area (TPSA) is 95.3 Å². The highest BCUT2D eigenvalue weighted by Gasteiger charge is 2.22. The van der Waals surface area contributed by atoms with Gasteiger partial charge in [0.15, 0.2) is 11.5 Å². The van der Waals surface area contributed by atoms with Crippen molar-refractivity contribution >= 4 is 17.2 Å². The zero-order valence-electron chi connectivity index (χ0n) is 18.1. The Morgan fingerprint density at radius 3 is 2.56 bits per heavy atom. The summed E-state index contributed by atoms with van der Waals surface area (Å²) in [5.41, 5.74) is 2.86. The standard InChI is InChI=1S/C22H22N6O3S/c1-14(21-23-7-8-32-21)27(2)22(29)17-9-16(10-18(11-17)28-13-24-25-26-28)15-5-6-19(30-3)20(12-15)31-4/h5-14H,1-4H3/t14-/m0/s1. The van der Waals surface area contributed by atoms with Crippen LogP contribution >= 0.6 is 11.3 Å². The number of hydrogen-bond donors (Lipinski definition) is 0. The minimum atomic E-state index is -0.163. The minimum Gasteiger partial charge on any atom is -0.493 e. The van der Waals surface area contributed by atoms with Crippen LogP contribution in [-0.4, -0.2) is 57.3 Å². The molecule has 1 amide bonds. The summed E-state index contributed by atoms with van der Waals surface area (Å²) in [5.74, 6) is 1.09. The van der Waals surface area contributed by atoms with E-state index in [4.69, 9.17) is 9.47 Å². The molecule has 0 unspecified atom stereocenters. The third-order valence-electron chi connectivity index (χ3n) is 5.21. The van der Waals surface area contributed by atoms with Crippen LogP contribution in [0.25, 0.3) is 16.8 Å². The van der Waals surface area contributed by atoms with Crippen LogP contribution in [0.5, 0.6) is 11.5 Å². The van der Waals surface area contributed by atoms with Gasteiger partial charge >= 0.3 is 0 Å². The predicted molar refractivity (Wildman–Crippen MR) is 120 cm³/mol. The lowest BCUT2D eigenvalue weighted by molar-refractivity contribution is 0.0742. The second kappa shape index (κ2) is 9.15. The molecule has 0 radical (unpaired) electrons. The Labute approximate surface area is 189 Å². The normalized spacial score (nSPS) is 11.8. The third kappa shape index (κ3) is 4.17. The van der Waals surface area contributed by atoms with Gasteiger partial charge in [-0.25, -0.2) is 9.67 Å². The van der Waals surface area contributed by atoms with Crippen molar-refractivity contribution in [3.05, 3.63) is 64.9 Å². The van der Waals surface area contributed by atoms with Crippen molar-refractivity contribution in [2.24, 2.45) is 0 Å². The number of rotatable bonds is 7. The van der Waals surface area contributed by atoms with Gasteiger partial charge in [-0.1, -0.05) is 6.07 Å². The van der Waals surface area contributed by atoms with E-state index < -0.39 is 0 Å². The van der Waals surface area contributed by atoms with Crippen LogP contribution in [-0.2, 0) is 0 Å². The lowest BCUT2D eigenvalue weighted by atomic mass is 10.0. The highest BCUT2D eigenvalue weighted by atomic mass is 32.1. The summed E-state index contributed by atoms with van der Waals surface area (Å²) < 4.78 is 12.3. The Morgan fingerprint density at radius 1 is 1.09 bits per heavy atom. The van der Waals surface area contributed by atoms with Crippen molar-refractivity contribution in [2.45, 2.75) is 13.0 Å². The van der Waals surface area contributed by atoms with Crippen molar-refractivity contribution < 1.29 is 14.3 Å². The van der Waals surface area contributed by atoms with Gasteiger partial charge in [-0.2, -0.15) is 0 Å². The lowest BCUT2D eigenvalue weighted by Gasteiger charge is -2.24. The van der Waals surface area contributed by atoms with E-state index in [1.165, 1.54) is 22.3 Å². The zero-order chi connectivity index (χ0) is 22.7. The molecule has 2 aromatic heterocycles. The molecule has 0 saturated carbocycles. The quantitative estimate of drug-likeness (QED) is 0.424. The molecule has 10 heteroatoms. The molecule has 0 fully saturated rings. The average Bonchev–Trinajstić information content (AvgIpc) is 3.56. The fourth-order valence-corrected chi connectivity index (χ4v) is 4.05. The van der Waals surface area contributed by atoms with E-state index >= 15 is 0 Å². The first kappa shape index (κ1) is 21.4. The molecular formula is C22H22N6O3S.